The Morgan fingerprint density at radius 2 is 2.33 bits per heavy atom. The van der Waals surface area contributed by atoms with Crippen LogP contribution in [-0.4, -0.2) is 30.3 Å². The quantitative estimate of drug-likeness (QED) is 0.614. The van der Waals surface area contributed by atoms with Crippen LogP contribution < -0.4 is 0 Å². The van der Waals surface area contributed by atoms with Crippen LogP contribution in [-0.2, 0) is 14.3 Å². The van der Waals surface area contributed by atoms with Crippen LogP contribution in [0.5, 0.6) is 0 Å². The molecule has 0 aromatic carbocycles. The molecule has 1 fully saturated rings. The van der Waals surface area contributed by atoms with Crippen LogP contribution in [0, 0.1) is 5.92 Å². The molecular formula is C11H15NO3. The van der Waals surface area contributed by atoms with Gasteiger partial charge in [-0.15, -0.1) is 0 Å². The van der Waals surface area contributed by atoms with E-state index in [4.69, 9.17) is 14.3 Å². The molecule has 0 aromatic rings. The van der Waals surface area contributed by atoms with Crippen molar-refractivity contribution in [2.45, 2.75) is 38.3 Å². The maximum Gasteiger partial charge on any atom is 0.163 e. The lowest BCUT2D eigenvalue weighted by Crippen LogP contribution is -2.32. The molecule has 0 bridgehead atoms. The molecule has 1 saturated heterocycles. The number of nitrogens with zero attached hydrogens (tertiary/aromatic N) is 1. The van der Waals surface area contributed by atoms with E-state index in [0.717, 1.165) is 12.1 Å². The van der Waals surface area contributed by atoms with Gasteiger partial charge in [-0.05, 0) is 26.3 Å². The van der Waals surface area contributed by atoms with Gasteiger partial charge in [0.25, 0.3) is 0 Å². The highest BCUT2D eigenvalue weighted by Gasteiger charge is 2.44. The largest absolute Gasteiger partial charge is 0.388 e. The van der Waals surface area contributed by atoms with Gasteiger partial charge in [-0.2, -0.15) is 0 Å². The SMILES string of the molecule is CC1(C)OC[C@H](C2=NO[C@H]3C=CC[C@@H]23)O1. The zero-order chi connectivity index (χ0) is 10.5. The van der Waals surface area contributed by atoms with E-state index in [0.29, 0.717) is 12.5 Å². The Labute approximate surface area is 88.9 Å². The molecule has 0 aromatic heterocycles. The number of rotatable bonds is 1. The van der Waals surface area contributed by atoms with Crippen LogP contribution in [0.2, 0.25) is 0 Å². The third kappa shape index (κ3) is 1.48. The highest BCUT2D eigenvalue weighted by atomic mass is 16.7. The summed E-state index contributed by atoms with van der Waals surface area (Å²) in [6.07, 6.45) is 5.32. The number of allylic oxidation sites excluding steroid dienone is 1. The monoisotopic (exact) mass is 209 g/mol. The Hall–Kier alpha value is -0.870. The van der Waals surface area contributed by atoms with E-state index in [-0.39, 0.29) is 12.2 Å². The van der Waals surface area contributed by atoms with Gasteiger partial charge in [0.05, 0.1) is 18.2 Å². The summed E-state index contributed by atoms with van der Waals surface area (Å²) in [5.74, 6) is -0.121. The molecule has 3 rings (SSSR count). The van der Waals surface area contributed by atoms with E-state index in [1.807, 2.05) is 13.8 Å². The van der Waals surface area contributed by atoms with Gasteiger partial charge in [-0.1, -0.05) is 11.2 Å². The summed E-state index contributed by atoms with van der Waals surface area (Å²) in [4.78, 5) is 5.34. The minimum Gasteiger partial charge on any atom is -0.388 e. The fourth-order valence-corrected chi connectivity index (χ4v) is 2.34. The first kappa shape index (κ1) is 9.36. The van der Waals surface area contributed by atoms with Crippen molar-refractivity contribution < 1.29 is 14.3 Å². The number of ether oxygens (including phenoxy) is 2. The van der Waals surface area contributed by atoms with Crippen LogP contribution in [0.1, 0.15) is 20.3 Å². The standard InChI is InChI=1S/C11H15NO3/c1-11(2)13-6-9(14-11)10-7-4-3-5-8(7)15-12-10/h3,5,7-9H,4,6H2,1-2H3/t7-,8+,9-/m1/s1. The number of fused-ring (bicyclic) bond motifs is 1. The smallest absolute Gasteiger partial charge is 0.163 e. The summed E-state index contributed by atoms with van der Waals surface area (Å²) in [7, 11) is 0. The van der Waals surface area contributed by atoms with E-state index in [1.165, 1.54) is 0 Å². The third-order valence-electron chi connectivity index (χ3n) is 3.11. The van der Waals surface area contributed by atoms with E-state index in [1.54, 1.807) is 0 Å². The second-order valence-corrected chi connectivity index (χ2v) is 4.67. The minimum absolute atomic E-state index is 0.0325. The minimum atomic E-state index is -0.489. The van der Waals surface area contributed by atoms with Crippen LogP contribution in [0.25, 0.3) is 0 Å². The van der Waals surface area contributed by atoms with Gasteiger partial charge in [0, 0.05) is 0 Å². The average Bonchev–Trinajstić information content (AvgIpc) is 2.77. The molecule has 15 heavy (non-hydrogen) atoms. The maximum atomic E-state index is 5.78. The van der Waals surface area contributed by atoms with Crippen molar-refractivity contribution in [3.8, 4) is 0 Å². The Balaban J connectivity index is 1.74. The molecule has 0 radical (unpaired) electrons. The van der Waals surface area contributed by atoms with Gasteiger partial charge in [0.1, 0.15) is 6.10 Å². The Morgan fingerprint density at radius 1 is 1.47 bits per heavy atom. The van der Waals surface area contributed by atoms with Crippen molar-refractivity contribution in [3.05, 3.63) is 12.2 Å². The summed E-state index contributed by atoms with van der Waals surface area (Å²) in [6, 6.07) is 0. The topological polar surface area (TPSA) is 40.0 Å². The fourth-order valence-electron chi connectivity index (χ4n) is 2.34. The number of hydrogen-bond donors (Lipinski definition) is 0. The average molecular weight is 209 g/mol. The molecule has 0 unspecified atom stereocenters. The van der Waals surface area contributed by atoms with Gasteiger partial charge in [-0.25, -0.2) is 0 Å². The molecule has 3 aliphatic rings. The molecule has 2 aliphatic heterocycles. The van der Waals surface area contributed by atoms with Crippen molar-refractivity contribution in [2.24, 2.45) is 11.1 Å². The molecule has 4 heteroatoms. The number of oxime groups is 1. The van der Waals surface area contributed by atoms with Gasteiger partial charge >= 0.3 is 0 Å². The summed E-state index contributed by atoms with van der Waals surface area (Å²) in [5, 5.41) is 4.13. The van der Waals surface area contributed by atoms with E-state index in [9.17, 15) is 0 Å². The van der Waals surface area contributed by atoms with E-state index < -0.39 is 5.79 Å². The molecule has 0 N–H and O–H groups in total. The van der Waals surface area contributed by atoms with Crippen molar-refractivity contribution in [1.82, 2.24) is 0 Å². The maximum absolute atomic E-state index is 5.78. The highest BCUT2D eigenvalue weighted by molar-refractivity contribution is 5.93. The van der Waals surface area contributed by atoms with Crippen LogP contribution in [0.15, 0.2) is 17.3 Å². The van der Waals surface area contributed by atoms with Crippen molar-refractivity contribution >= 4 is 5.71 Å². The molecule has 82 valence electrons. The van der Waals surface area contributed by atoms with Crippen LogP contribution in [0.4, 0.5) is 0 Å². The summed E-state index contributed by atoms with van der Waals surface area (Å²) in [6.45, 7) is 4.43. The van der Waals surface area contributed by atoms with E-state index in [2.05, 4.69) is 17.3 Å². The first-order valence-electron chi connectivity index (χ1n) is 5.38. The second-order valence-electron chi connectivity index (χ2n) is 4.67. The Bertz CT molecular complexity index is 335. The Kier molecular flexibility index (Phi) is 1.91. The van der Waals surface area contributed by atoms with Gasteiger partial charge < -0.3 is 14.3 Å². The van der Waals surface area contributed by atoms with Crippen molar-refractivity contribution in [1.29, 1.82) is 0 Å². The molecule has 2 heterocycles. The molecule has 3 atom stereocenters. The predicted octanol–water partition coefficient (Wildman–Crippen LogP) is 1.47. The van der Waals surface area contributed by atoms with Crippen molar-refractivity contribution in [2.75, 3.05) is 6.61 Å². The normalized spacial score (nSPS) is 41.5. The predicted molar refractivity (Wildman–Crippen MR) is 54.5 cm³/mol. The molecule has 0 saturated carbocycles. The van der Waals surface area contributed by atoms with Gasteiger partial charge in [-0.3, -0.25) is 0 Å². The molecule has 0 spiro atoms. The zero-order valence-corrected chi connectivity index (χ0v) is 8.97. The molecule has 0 amide bonds. The van der Waals surface area contributed by atoms with Crippen LogP contribution >= 0.6 is 0 Å². The fraction of sp³-hybridized carbons (Fsp3) is 0.727. The lowest BCUT2D eigenvalue weighted by atomic mass is 9.96. The summed E-state index contributed by atoms with van der Waals surface area (Å²) < 4.78 is 11.3. The first-order valence-corrected chi connectivity index (χ1v) is 5.38. The van der Waals surface area contributed by atoms with E-state index >= 15 is 0 Å². The lowest BCUT2D eigenvalue weighted by Gasteiger charge is -2.18. The number of hydrogen-bond acceptors (Lipinski definition) is 4. The van der Waals surface area contributed by atoms with Gasteiger partial charge in [0.2, 0.25) is 0 Å². The highest BCUT2D eigenvalue weighted by Crippen LogP contribution is 2.34. The summed E-state index contributed by atoms with van der Waals surface area (Å²) >= 11 is 0. The Morgan fingerprint density at radius 3 is 3.07 bits per heavy atom. The van der Waals surface area contributed by atoms with Gasteiger partial charge in [0.15, 0.2) is 11.9 Å². The molecule has 4 nitrogen and oxygen atoms in total. The molecular weight excluding hydrogens is 194 g/mol. The second kappa shape index (κ2) is 3.06. The first-order chi connectivity index (χ1) is 7.16. The molecule has 1 aliphatic carbocycles. The third-order valence-corrected chi connectivity index (χ3v) is 3.11. The van der Waals surface area contributed by atoms with Crippen molar-refractivity contribution in [3.63, 3.8) is 0 Å². The zero-order valence-electron chi connectivity index (χ0n) is 8.97. The summed E-state index contributed by atoms with van der Waals surface area (Å²) in [5.41, 5.74) is 1.01. The van der Waals surface area contributed by atoms with Crippen LogP contribution in [0.3, 0.4) is 0 Å². The lowest BCUT2D eigenvalue weighted by molar-refractivity contribution is -0.131.